The van der Waals surface area contributed by atoms with Crippen LogP contribution >= 0.6 is 0 Å². The lowest BCUT2D eigenvalue weighted by atomic mass is 10.0. The van der Waals surface area contributed by atoms with Crippen LogP contribution in [0.25, 0.3) is 0 Å². The van der Waals surface area contributed by atoms with Gasteiger partial charge in [-0.3, -0.25) is 5.43 Å². The third-order valence-corrected chi connectivity index (χ3v) is 3.38. The predicted octanol–water partition coefficient (Wildman–Crippen LogP) is 0.748. The summed E-state index contributed by atoms with van der Waals surface area (Å²) in [7, 11) is 0. The molecule has 0 bridgehead atoms. The second kappa shape index (κ2) is 5.14. The largest absolute Gasteiger partial charge is 0.490 e. The van der Waals surface area contributed by atoms with Gasteiger partial charge in [0.15, 0.2) is 11.5 Å². The SMILES string of the molecule is OCC1CC(c2ccc3c(c2)OCCCO3)NN1. The number of fused-ring (bicyclic) bond motifs is 1. The van der Waals surface area contributed by atoms with Gasteiger partial charge in [0.2, 0.25) is 0 Å². The van der Waals surface area contributed by atoms with Gasteiger partial charge in [-0.25, -0.2) is 5.43 Å². The first-order chi connectivity index (χ1) is 8.86. The molecule has 1 fully saturated rings. The number of aliphatic hydroxyl groups excluding tert-OH is 1. The summed E-state index contributed by atoms with van der Waals surface area (Å²) in [5, 5.41) is 9.11. The number of hydrogen-bond acceptors (Lipinski definition) is 5. The standard InChI is InChI=1S/C13H18N2O3/c16-8-10-7-11(15-14-10)9-2-3-12-13(6-9)18-5-1-4-17-12/h2-3,6,10-11,14-16H,1,4-5,7-8H2. The van der Waals surface area contributed by atoms with Gasteiger partial charge in [0.1, 0.15) is 0 Å². The smallest absolute Gasteiger partial charge is 0.161 e. The molecule has 18 heavy (non-hydrogen) atoms. The Bertz CT molecular complexity index is 425. The van der Waals surface area contributed by atoms with E-state index in [1.165, 1.54) is 0 Å². The van der Waals surface area contributed by atoms with Gasteiger partial charge in [0.25, 0.3) is 0 Å². The summed E-state index contributed by atoms with van der Waals surface area (Å²) < 4.78 is 11.3. The number of ether oxygens (including phenoxy) is 2. The Morgan fingerprint density at radius 2 is 2.00 bits per heavy atom. The van der Waals surface area contributed by atoms with Crippen molar-refractivity contribution in [1.82, 2.24) is 10.9 Å². The van der Waals surface area contributed by atoms with E-state index in [-0.39, 0.29) is 18.7 Å². The monoisotopic (exact) mass is 250 g/mol. The fraction of sp³-hybridized carbons (Fsp3) is 0.538. The van der Waals surface area contributed by atoms with Gasteiger partial charge < -0.3 is 14.6 Å². The molecule has 0 saturated carbocycles. The second-order valence-electron chi connectivity index (χ2n) is 4.71. The molecule has 98 valence electrons. The van der Waals surface area contributed by atoms with Crippen molar-refractivity contribution in [3.05, 3.63) is 23.8 Å². The predicted molar refractivity (Wildman–Crippen MR) is 66.6 cm³/mol. The average Bonchev–Trinajstić information content (AvgIpc) is 2.76. The molecule has 5 heteroatoms. The lowest BCUT2D eigenvalue weighted by Gasteiger charge is -2.13. The van der Waals surface area contributed by atoms with Crippen LogP contribution in [-0.4, -0.2) is 31.0 Å². The highest BCUT2D eigenvalue weighted by atomic mass is 16.5. The van der Waals surface area contributed by atoms with E-state index in [4.69, 9.17) is 14.6 Å². The Labute approximate surface area is 106 Å². The topological polar surface area (TPSA) is 62.8 Å². The first-order valence-electron chi connectivity index (χ1n) is 6.38. The maximum Gasteiger partial charge on any atom is 0.161 e. The molecule has 1 aromatic carbocycles. The van der Waals surface area contributed by atoms with Gasteiger partial charge in [0.05, 0.1) is 19.8 Å². The third-order valence-electron chi connectivity index (χ3n) is 3.38. The zero-order valence-electron chi connectivity index (χ0n) is 10.2. The zero-order valence-corrected chi connectivity index (χ0v) is 10.2. The van der Waals surface area contributed by atoms with E-state index in [1.807, 2.05) is 18.2 Å². The van der Waals surface area contributed by atoms with Crippen LogP contribution in [0.1, 0.15) is 24.4 Å². The maximum absolute atomic E-state index is 9.11. The van der Waals surface area contributed by atoms with Crippen molar-refractivity contribution in [2.45, 2.75) is 24.9 Å². The lowest BCUT2D eigenvalue weighted by molar-refractivity contribution is 0.251. The molecule has 2 heterocycles. The summed E-state index contributed by atoms with van der Waals surface area (Å²) >= 11 is 0. The quantitative estimate of drug-likeness (QED) is 0.723. The van der Waals surface area contributed by atoms with Crippen molar-refractivity contribution in [3.8, 4) is 11.5 Å². The highest BCUT2D eigenvalue weighted by molar-refractivity contribution is 5.44. The Balaban J connectivity index is 1.79. The Kier molecular flexibility index (Phi) is 3.36. The maximum atomic E-state index is 9.11. The second-order valence-corrected chi connectivity index (χ2v) is 4.71. The van der Waals surface area contributed by atoms with Crippen molar-refractivity contribution in [2.24, 2.45) is 0 Å². The molecule has 0 amide bonds. The molecule has 0 aliphatic carbocycles. The summed E-state index contributed by atoms with van der Waals surface area (Å²) in [5.74, 6) is 1.64. The summed E-state index contributed by atoms with van der Waals surface area (Å²) in [5.41, 5.74) is 7.42. The van der Waals surface area contributed by atoms with E-state index in [9.17, 15) is 0 Å². The van der Waals surface area contributed by atoms with Gasteiger partial charge in [-0.2, -0.15) is 0 Å². The summed E-state index contributed by atoms with van der Waals surface area (Å²) in [6.07, 6.45) is 1.79. The van der Waals surface area contributed by atoms with Crippen LogP contribution in [-0.2, 0) is 0 Å². The molecule has 3 N–H and O–H groups in total. The highest BCUT2D eigenvalue weighted by Gasteiger charge is 2.25. The van der Waals surface area contributed by atoms with Crippen LogP contribution in [0.3, 0.4) is 0 Å². The fourth-order valence-electron chi connectivity index (χ4n) is 2.36. The minimum absolute atomic E-state index is 0.117. The van der Waals surface area contributed by atoms with Crippen molar-refractivity contribution in [2.75, 3.05) is 19.8 Å². The van der Waals surface area contributed by atoms with E-state index < -0.39 is 0 Å². The molecular weight excluding hydrogens is 232 g/mol. The molecule has 2 aliphatic rings. The fourth-order valence-corrected chi connectivity index (χ4v) is 2.36. The zero-order chi connectivity index (χ0) is 12.4. The van der Waals surface area contributed by atoms with E-state index in [1.54, 1.807) is 0 Å². The molecule has 5 nitrogen and oxygen atoms in total. The minimum Gasteiger partial charge on any atom is -0.490 e. The van der Waals surface area contributed by atoms with Gasteiger partial charge in [0, 0.05) is 18.5 Å². The van der Waals surface area contributed by atoms with E-state index >= 15 is 0 Å². The molecule has 0 radical (unpaired) electrons. The number of hydrogen-bond donors (Lipinski definition) is 3. The van der Waals surface area contributed by atoms with Crippen molar-refractivity contribution < 1.29 is 14.6 Å². The molecule has 1 aromatic rings. The summed E-state index contributed by atoms with van der Waals surface area (Å²) in [4.78, 5) is 0. The molecule has 1 saturated heterocycles. The van der Waals surface area contributed by atoms with E-state index in [0.29, 0.717) is 13.2 Å². The Morgan fingerprint density at radius 3 is 2.78 bits per heavy atom. The highest BCUT2D eigenvalue weighted by Crippen LogP contribution is 2.33. The third kappa shape index (κ3) is 2.29. The molecule has 0 aromatic heterocycles. The number of hydrazine groups is 1. The molecule has 2 unspecified atom stereocenters. The first-order valence-corrected chi connectivity index (χ1v) is 6.38. The van der Waals surface area contributed by atoms with E-state index in [2.05, 4.69) is 10.9 Å². The molecular formula is C13H18N2O3. The van der Waals surface area contributed by atoms with Crippen molar-refractivity contribution in [1.29, 1.82) is 0 Å². The van der Waals surface area contributed by atoms with Crippen LogP contribution < -0.4 is 20.3 Å². The lowest BCUT2D eigenvalue weighted by Crippen LogP contribution is -2.32. The van der Waals surface area contributed by atoms with Crippen LogP contribution in [0.4, 0.5) is 0 Å². The Hall–Kier alpha value is -1.30. The van der Waals surface area contributed by atoms with Crippen molar-refractivity contribution >= 4 is 0 Å². The van der Waals surface area contributed by atoms with Crippen LogP contribution in [0.5, 0.6) is 11.5 Å². The molecule has 2 aliphatic heterocycles. The van der Waals surface area contributed by atoms with Crippen LogP contribution in [0, 0.1) is 0 Å². The number of benzene rings is 1. The van der Waals surface area contributed by atoms with E-state index in [0.717, 1.165) is 29.9 Å². The van der Waals surface area contributed by atoms with Gasteiger partial charge in [-0.05, 0) is 24.1 Å². The Morgan fingerprint density at radius 1 is 1.17 bits per heavy atom. The number of aliphatic hydroxyl groups is 1. The normalized spacial score (nSPS) is 26.9. The van der Waals surface area contributed by atoms with Gasteiger partial charge in [-0.15, -0.1) is 0 Å². The van der Waals surface area contributed by atoms with Gasteiger partial charge >= 0.3 is 0 Å². The molecule has 0 spiro atoms. The molecule has 3 rings (SSSR count). The summed E-state index contributed by atoms with van der Waals surface area (Å²) in [6.45, 7) is 1.56. The van der Waals surface area contributed by atoms with Crippen LogP contribution in [0.2, 0.25) is 0 Å². The number of rotatable bonds is 2. The number of nitrogens with one attached hydrogen (secondary N) is 2. The minimum atomic E-state index is 0.117. The van der Waals surface area contributed by atoms with Crippen molar-refractivity contribution in [3.63, 3.8) is 0 Å². The average molecular weight is 250 g/mol. The summed E-state index contributed by atoms with van der Waals surface area (Å²) in [6, 6.07) is 6.36. The first kappa shape index (κ1) is 11.8. The van der Waals surface area contributed by atoms with Crippen LogP contribution in [0.15, 0.2) is 18.2 Å². The van der Waals surface area contributed by atoms with Gasteiger partial charge in [-0.1, -0.05) is 6.07 Å². The molecule has 2 atom stereocenters.